The van der Waals surface area contributed by atoms with Gasteiger partial charge < -0.3 is 14.8 Å². The average molecular weight is 344 g/mol. The van der Waals surface area contributed by atoms with E-state index in [1.54, 1.807) is 0 Å². The van der Waals surface area contributed by atoms with Gasteiger partial charge in [-0.3, -0.25) is 4.79 Å². The van der Waals surface area contributed by atoms with Gasteiger partial charge in [0, 0.05) is 0 Å². The van der Waals surface area contributed by atoms with Gasteiger partial charge in [0.15, 0.2) is 0 Å². The summed E-state index contributed by atoms with van der Waals surface area (Å²) in [6.07, 6.45) is 10.5. The van der Waals surface area contributed by atoms with Crippen LogP contribution >= 0.6 is 0 Å². The van der Waals surface area contributed by atoms with E-state index < -0.39 is 12.1 Å². The maximum Gasteiger partial charge on any atom is 0.407 e. The van der Waals surface area contributed by atoms with Gasteiger partial charge in [-0.2, -0.15) is 0 Å². The van der Waals surface area contributed by atoms with Gasteiger partial charge in [-0.25, -0.2) is 4.79 Å². The maximum atomic E-state index is 11.5. The Kier molecular flexibility index (Phi) is 13.4. The average Bonchev–Trinajstić information content (AvgIpc) is 2.52. The van der Waals surface area contributed by atoms with Crippen LogP contribution in [-0.4, -0.2) is 31.8 Å². The van der Waals surface area contributed by atoms with Gasteiger partial charge in [0.25, 0.3) is 0 Å². The van der Waals surface area contributed by atoms with Crippen molar-refractivity contribution in [3.8, 4) is 0 Å². The Morgan fingerprint density at radius 2 is 1.38 bits per heavy atom. The molecule has 0 unspecified atom stereocenters. The van der Waals surface area contributed by atoms with Crippen molar-refractivity contribution in [2.24, 2.45) is 5.41 Å². The van der Waals surface area contributed by atoms with E-state index in [1.165, 1.54) is 44.9 Å². The van der Waals surface area contributed by atoms with E-state index in [1.807, 2.05) is 20.8 Å². The number of nitrogens with one attached hydrogen (secondary N) is 1. The molecule has 0 aromatic rings. The lowest BCUT2D eigenvalue weighted by Crippen LogP contribution is -2.33. The number of esters is 1. The highest BCUT2D eigenvalue weighted by Gasteiger charge is 2.14. The molecule has 0 fully saturated rings. The minimum Gasteiger partial charge on any atom is -0.464 e. The van der Waals surface area contributed by atoms with E-state index in [2.05, 4.69) is 12.2 Å². The summed E-state index contributed by atoms with van der Waals surface area (Å²) in [7, 11) is 0. The molecular weight excluding hydrogens is 306 g/mol. The third kappa shape index (κ3) is 17.1. The second kappa shape index (κ2) is 14.1. The molecule has 0 spiro atoms. The number of hydrogen-bond donors (Lipinski definition) is 1. The Morgan fingerprint density at radius 1 is 0.833 bits per heavy atom. The lowest BCUT2D eigenvalue weighted by molar-refractivity contribution is -0.142. The normalized spacial score (nSPS) is 11.2. The summed E-state index contributed by atoms with van der Waals surface area (Å²) in [5.41, 5.74) is -0.0894. The number of carbonyl (C=O) groups excluding carboxylic acids is 2. The molecule has 0 atom stereocenters. The van der Waals surface area contributed by atoms with Crippen molar-refractivity contribution in [1.82, 2.24) is 5.32 Å². The minimum atomic E-state index is -0.579. The number of ether oxygens (including phenoxy) is 2. The number of amides is 1. The SMILES string of the molecule is CCCCCCCCCCCOC(=O)CNC(=O)OCC(C)(C)C. The van der Waals surface area contributed by atoms with E-state index in [0.717, 1.165) is 12.8 Å². The summed E-state index contributed by atoms with van der Waals surface area (Å²) >= 11 is 0. The van der Waals surface area contributed by atoms with E-state index in [0.29, 0.717) is 13.2 Å². The molecule has 5 nitrogen and oxygen atoms in total. The number of rotatable bonds is 13. The molecule has 1 N–H and O–H groups in total. The van der Waals surface area contributed by atoms with Crippen LogP contribution in [0.3, 0.4) is 0 Å². The largest absolute Gasteiger partial charge is 0.464 e. The molecular formula is C19H37NO4. The Labute approximate surface area is 147 Å². The number of carbonyl (C=O) groups is 2. The van der Waals surface area contributed by atoms with Crippen LogP contribution in [0.2, 0.25) is 0 Å². The molecule has 5 heteroatoms. The monoisotopic (exact) mass is 343 g/mol. The molecule has 0 rings (SSSR count). The fourth-order valence-electron chi connectivity index (χ4n) is 2.13. The van der Waals surface area contributed by atoms with Gasteiger partial charge in [-0.1, -0.05) is 79.1 Å². The van der Waals surface area contributed by atoms with Crippen LogP contribution in [0.25, 0.3) is 0 Å². The molecule has 0 radical (unpaired) electrons. The van der Waals surface area contributed by atoms with E-state index in [4.69, 9.17) is 9.47 Å². The summed E-state index contributed by atoms with van der Waals surface area (Å²) in [5.74, 6) is -0.415. The van der Waals surface area contributed by atoms with Crippen LogP contribution < -0.4 is 5.32 Å². The first kappa shape index (κ1) is 22.7. The van der Waals surface area contributed by atoms with Crippen LogP contribution in [0, 0.1) is 5.41 Å². The van der Waals surface area contributed by atoms with E-state index in [9.17, 15) is 9.59 Å². The van der Waals surface area contributed by atoms with Crippen molar-refractivity contribution in [3.63, 3.8) is 0 Å². The van der Waals surface area contributed by atoms with Gasteiger partial charge in [-0.05, 0) is 11.8 Å². The summed E-state index contributed by atoms with van der Waals surface area (Å²) in [4.78, 5) is 22.9. The zero-order chi connectivity index (χ0) is 18.3. The quantitative estimate of drug-likeness (QED) is 0.384. The highest BCUT2D eigenvalue weighted by Crippen LogP contribution is 2.12. The molecule has 0 heterocycles. The smallest absolute Gasteiger partial charge is 0.407 e. The lowest BCUT2D eigenvalue weighted by atomic mass is 9.99. The summed E-state index contributed by atoms with van der Waals surface area (Å²) < 4.78 is 10.1. The molecule has 0 saturated heterocycles. The molecule has 24 heavy (non-hydrogen) atoms. The fraction of sp³-hybridized carbons (Fsp3) is 0.895. The molecule has 0 aliphatic rings. The molecule has 0 aliphatic carbocycles. The van der Waals surface area contributed by atoms with Crippen molar-refractivity contribution in [1.29, 1.82) is 0 Å². The van der Waals surface area contributed by atoms with Crippen molar-refractivity contribution >= 4 is 12.1 Å². The predicted molar refractivity (Wildman–Crippen MR) is 97.0 cm³/mol. The molecule has 0 aromatic heterocycles. The molecule has 0 bridgehead atoms. The Hall–Kier alpha value is -1.26. The Balaban J connectivity index is 3.39. The van der Waals surface area contributed by atoms with Crippen LogP contribution in [-0.2, 0) is 14.3 Å². The standard InChI is InChI=1S/C19H37NO4/c1-5-6-7-8-9-10-11-12-13-14-23-17(21)15-20-18(22)24-16-19(2,3)4/h5-16H2,1-4H3,(H,20,22). The highest BCUT2D eigenvalue weighted by atomic mass is 16.6. The van der Waals surface area contributed by atoms with Crippen LogP contribution in [0.4, 0.5) is 4.79 Å². The topological polar surface area (TPSA) is 64.6 Å². The Bertz CT molecular complexity index is 337. The highest BCUT2D eigenvalue weighted by molar-refractivity contribution is 5.77. The second-order valence-electron chi connectivity index (χ2n) is 7.54. The van der Waals surface area contributed by atoms with Crippen LogP contribution in [0.15, 0.2) is 0 Å². The maximum absolute atomic E-state index is 11.5. The zero-order valence-corrected chi connectivity index (χ0v) is 16.1. The van der Waals surface area contributed by atoms with Gasteiger partial charge in [0.05, 0.1) is 13.2 Å². The van der Waals surface area contributed by atoms with Gasteiger partial charge in [-0.15, -0.1) is 0 Å². The van der Waals surface area contributed by atoms with Crippen molar-refractivity contribution < 1.29 is 19.1 Å². The third-order valence-corrected chi connectivity index (χ3v) is 3.52. The third-order valence-electron chi connectivity index (χ3n) is 3.52. The first-order chi connectivity index (χ1) is 11.3. The second-order valence-corrected chi connectivity index (χ2v) is 7.54. The Morgan fingerprint density at radius 3 is 1.92 bits per heavy atom. The van der Waals surface area contributed by atoms with Crippen molar-refractivity contribution in [2.75, 3.05) is 19.8 Å². The summed E-state index contributed by atoms with van der Waals surface area (Å²) in [5, 5.41) is 2.40. The molecule has 0 aliphatic heterocycles. The number of alkyl carbamates (subject to hydrolysis) is 1. The first-order valence-corrected chi connectivity index (χ1v) is 9.41. The van der Waals surface area contributed by atoms with E-state index in [-0.39, 0.29) is 12.0 Å². The fourth-order valence-corrected chi connectivity index (χ4v) is 2.13. The molecule has 0 aromatic carbocycles. The van der Waals surface area contributed by atoms with Crippen molar-refractivity contribution in [2.45, 2.75) is 85.5 Å². The van der Waals surface area contributed by atoms with Crippen LogP contribution in [0.5, 0.6) is 0 Å². The van der Waals surface area contributed by atoms with Gasteiger partial charge in [0.1, 0.15) is 6.54 Å². The molecule has 0 saturated carbocycles. The summed E-state index contributed by atoms with van der Waals surface area (Å²) in [6.45, 7) is 8.74. The first-order valence-electron chi connectivity index (χ1n) is 9.41. The molecule has 142 valence electrons. The predicted octanol–water partition coefficient (Wildman–Crippen LogP) is 4.83. The zero-order valence-electron chi connectivity index (χ0n) is 16.1. The van der Waals surface area contributed by atoms with Crippen LogP contribution in [0.1, 0.15) is 85.5 Å². The summed E-state index contributed by atoms with van der Waals surface area (Å²) in [6, 6.07) is 0. The van der Waals surface area contributed by atoms with Gasteiger partial charge >= 0.3 is 12.1 Å². The lowest BCUT2D eigenvalue weighted by Gasteiger charge is -2.17. The minimum absolute atomic E-state index is 0.0894. The van der Waals surface area contributed by atoms with Gasteiger partial charge in [0.2, 0.25) is 0 Å². The number of hydrogen-bond acceptors (Lipinski definition) is 4. The molecule has 1 amide bonds. The van der Waals surface area contributed by atoms with E-state index >= 15 is 0 Å². The van der Waals surface area contributed by atoms with Crippen molar-refractivity contribution in [3.05, 3.63) is 0 Å². The number of unbranched alkanes of at least 4 members (excludes halogenated alkanes) is 8.